The molecule has 1 aliphatic heterocycles. The molecule has 4 nitrogen and oxygen atoms in total. The Morgan fingerprint density at radius 2 is 1.76 bits per heavy atom. The highest BCUT2D eigenvalue weighted by molar-refractivity contribution is 6.01. The molecule has 0 unspecified atom stereocenters. The van der Waals surface area contributed by atoms with E-state index in [1.165, 1.54) is 0 Å². The van der Waals surface area contributed by atoms with Gasteiger partial charge in [-0.1, -0.05) is 0 Å². The number of nitrogens with two attached hydrogens (primary N) is 1. The average Bonchev–Trinajstić information content (AvgIpc) is 2.69. The van der Waals surface area contributed by atoms with E-state index in [2.05, 4.69) is 4.99 Å². The van der Waals surface area contributed by atoms with Crippen LogP contribution >= 0.6 is 0 Å². The van der Waals surface area contributed by atoms with E-state index in [9.17, 15) is 13.6 Å². The minimum absolute atomic E-state index is 0.169. The third-order valence-electron chi connectivity index (χ3n) is 3.10. The van der Waals surface area contributed by atoms with E-state index in [0.717, 1.165) is 12.1 Å². The number of fused-ring (bicyclic) bond motifs is 1. The van der Waals surface area contributed by atoms with Gasteiger partial charge in [-0.15, -0.1) is 0 Å². The van der Waals surface area contributed by atoms with Crippen molar-refractivity contribution in [3.8, 4) is 0 Å². The van der Waals surface area contributed by atoms with Gasteiger partial charge in [0.25, 0.3) is 11.9 Å². The van der Waals surface area contributed by atoms with Gasteiger partial charge in [0.2, 0.25) is 5.60 Å². The van der Waals surface area contributed by atoms with E-state index in [1.807, 2.05) is 0 Å². The van der Waals surface area contributed by atoms with Crippen LogP contribution in [-0.2, 0) is 22.4 Å². The summed E-state index contributed by atoms with van der Waals surface area (Å²) in [6.45, 7) is 0. The van der Waals surface area contributed by atoms with Crippen LogP contribution < -0.4 is 5.73 Å². The van der Waals surface area contributed by atoms with Crippen LogP contribution in [0, 0.1) is 11.6 Å². The lowest BCUT2D eigenvalue weighted by Crippen LogP contribution is -2.39. The maximum absolute atomic E-state index is 13.1. The van der Waals surface area contributed by atoms with Gasteiger partial charge >= 0.3 is 0 Å². The first kappa shape index (κ1) is 10.2. The molecule has 3 rings (SSSR count). The number of aliphatic imine (C=N–C) groups is 1. The van der Waals surface area contributed by atoms with Crippen molar-refractivity contribution in [3.63, 3.8) is 0 Å². The molecule has 2 N–H and O–H groups in total. The standard InChI is InChI=1S/C11H8F2N2O2/c12-7-1-5-3-11(4-6(5)2-8(7)13)9(16)15-10(14)17-11/h1-2H,3-4H2,(H2,14,15,16). The van der Waals surface area contributed by atoms with Gasteiger partial charge in [0.15, 0.2) is 11.6 Å². The van der Waals surface area contributed by atoms with Crippen LogP contribution in [-0.4, -0.2) is 17.5 Å². The molecule has 0 radical (unpaired) electrons. The third-order valence-corrected chi connectivity index (χ3v) is 3.10. The zero-order valence-corrected chi connectivity index (χ0v) is 8.67. The van der Waals surface area contributed by atoms with Crippen molar-refractivity contribution < 1.29 is 18.3 Å². The van der Waals surface area contributed by atoms with Crippen LogP contribution in [0.15, 0.2) is 17.1 Å². The van der Waals surface area contributed by atoms with E-state index in [0.29, 0.717) is 11.1 Å². The van der Waals surface area contributed by atoms with Crippen LogP contribution in [0.25, 0.3) is 0 Å². The lowest BCUT2D eigenvalue weighted by molar-refractivity contribution is -0.130. The van der Waals surface area contributed by atoms with Gasteiger partial charge in [0, 0.05) is 12.8 Å². The first-order valence-corrected chi connectivity index (χ1v) is 5.05. The van der Waals surface area contributed by atoms with Crippen molar-refractivity contribution in [2.75, 3.05) is 0 Å². The topological polar surface area (TPSA) is 64.7 Å². The van der Waals surface area contributed by atoms with E-state index < -0.39 is 23.1 Å². The molecule has 17 heavy (non-hydrogen) atoms. The fraction of sp³-hybridized carbons (Fsp3) is 0.273. The third kappa shape index (κ3) is 1.33. The Bertz CT molecular complexity index is 538. The molecular formula is C11H8F2N2O2. The Morgan fingerprint density at radius 1 is 1.24 bits per heavy atom. The molecule has 0 bridgehead atoms. The second-order valence-electron chi connectivity index (χ2n) is 4.24. The van der Waals surface area contributed by atoms with Crippen molar-refractivity contribution in [1.82, 2.24) is 0 Å². The van der Waals surface area contributed by atoms with Gasteiger partial charge in [-0.25, -0.2) is 8.78 Å². The Hall–Kier alpha value is -1.98. The lowest BCUT2D eigenvalue weighted by atomic mass is 10.0. The van der Waals surface area contributed by atoms with E-state index in [1.54, 1.807) is 0 Å². The van der Waals surface area contributed by atoms with Gasteiger partial charge in [0.05, 0.1) is 0 Å². The highest BCUT2D eigenvalue weighted by Crippen LogP contribution is 2.37. The Morgan fingerprint density at radius 3 is 2.18 bits per heavy atom. The normalized spacial score (nSPS) is 20.4. The van der Waals surface area contributed by atoms with Crippen LogP contribution in [0.5, 0.6) is 0 Å². The van der Waals surface area contributed by atoms with Crippen LogP contribution in [0.2, 0.25) is 0 Å². The van der Waals surface area contributed by atoms with Crippen LogP contribution in [0.4, 0.5) is 8.78 Å². The van der Waals surface area contributed by atoms with Crippen molar-refractivity contribution in [1.29, 1.82) is 0 Å². The largest absolute Gasteiger partial charge is 0.448 e. The molecule has 6 heteroatoms. The number of nitrogens with zero attached hydrogens (tertiary/aromatic N) is 1. The van der Waals surface area contributed by atoms with Crippen molar-refractivity contribution in [3.05, 3.63) is 34.9 Å². The molecule has 1 spiro atoms. The summed E-state index contributed by atoms with van der Waals surface area (Å²) in [5.74, 6) is -2.35. The second kappa shape index (κ2) is 3.03. The maximum Gasteiger partial charge on any atom is 0.295 e. The van der Waals surface area contributed by atoms with Crippen molar-refractivity contribution >= 4 is 11.9 Å². The Labute approximate surface area is 95.1 Å². The number of amidine groups is 1. The number of ether oxygens (including phenoxy) is 1. The summed E-state index contributed by atoms with van der Waals surface area (Å²) >= 11 is 0. The average molecular weight is 238 g/mol. The molecule has 1 aliphatic carbocycles. The molecule has 0 saturated heterocycles. The fourth-order valence-corrected chi connectivity index (χ4v) is 2.33. The molecule has 1 heterocycles. The molecule has 0 saturated carbocycles. The molecular weight excluding hydrogens is 230 g/mol. The molecule has 0 aromatic heterocycles. The number of halogens is 2. The molecule has 1 aromatic rings. The summed E-state index contributed by atoms with van der Waals surface area (Å²) in [4.78, 5) is 15.2. The number of carbonyl (C=O) groups is 1. The van der Waals surface area contributed by atoms with Gasteiger partial charge in [-0.3, -0.25) is 4.79 Å². The summed E-state index contributed by atoms with van der Waals surface area (Å²) in [6.07, 6.45) is 0.338. The van der Waals surface area contributed by atoms with Crippen molar-refractivity contribution in [2.24, 2.45) is 10.7 Å². The summed E-state index contributed by atoms with van der Waals surface area (Å²) in [5.41, 5.74) is 5.26. The van der Waals surface area contributed by atoms with Crippen LogP contribution in [0.1, 0.15) is 11.1 Å². The molecule has 0 atom stereocenters. The van der Waals surface area contributed by atoms with E-state index in [4.69, 9.17) is 10.5 Å². The lowest BCUT2D eigenvalue weighted by Gasteiger charge is -2.18. The number of benzene rings is 1. The smallest absolute Gasteiger partial charge is 0.295 e. The number of hydrogen-bond donors (Lipinski definition) is 1. The van der Waals surface area contributed by atoms with Crippen molar-refractivity contribution in [2.45, 2.75) is 18.4 Å². The number of amides is 1. The zero-order valence-electron chi connectivity index (χ0n) is 8.67. The van der Waals surface area contributed by atoms with Gasteiger partial charge in [0.1, 0.15) is 0 Å². The number of rotatable bonds is 0. The fourth-order valence-electron chi connectivity index (χ4n) is 2.33. The first-order valence-electron chi connectivity index (χ1n) is 5.05. The monoisotopic (exact) mass is 238 g/mol. The maximum atomic E-state index is 13.1. The van der Waals surface area contributed by atoms with Gasteiger partial charge in [-0.2, -0.15) is 4.99 Å². The first-order chi connectivity index (χ1) is 8.00. The van der Waals surface area contributed by atoms with Crippen LogP contribution in [0.3, 0.4) is 0 Å². The molecule has 1 aromatic carbocycles. The second-order valence-corrected chi connectivity index (χ2v) is 4.24. The van der Waals surface area contributed by atoms with Gasteiger partial charge in [-0.05, 0) is 23.3 Å². The molecule has 2 aliphatic rings. The SMILES string of the molecule is NC1=NC(=O)C2(Cc3cc(F)c(F)cc3C2)O1. The summed E-state index contributed by atoms with van der Waals surface area (Å²) < 4.78 is 31.4. The predicted molar refractivity (Wildman–Crippen MR) is 54.2 cm³/mol. The van der Waals surface area contributed by atoms with E-state index in [-0.39, 0.29) is 18.9 Å². The molecule has 1 amide bonds. The number of hydrogen-bond acceptors (Lipinski definition) is 3. The summed E-state index contributed by atoms with van der Waals surface area (Å²) in [7, 11) is 0. The highest BCUT2D eigenvalue weighted by Gasteiger charge is 2.50. The van der Waals surface area contributed by atoms with Gasteiger partial charge < -0.3 is 10.5 Å². The Kier molecular flexibility index (Phi) is 1.81. The minimum atomic E-state index is -1.19. The molecule has 88 valence electrons. The highest BCUT2D eigenvalue weighted by atomic mass is 19.2. The summed E-state index contributed by atoms with van der Waals surface area (Å²) in [5, 5.41) is 0. The molecule has 0 fully saturated rings. The van der Waals surface area contributed by atoms with E-state index >= 15 is 0 Å². The minimum Gasteiger partial charge on any atom is -0.448 e. The number of carbonyl (C=O) groups excluding carboxylic acids is 1. The predicted octanol–water partition coefficient (Wildman–Crippen LogP) is 0.674. The summed E-state index contributed by atoms with van der Waals surface area (Å²) in [6, 6.07) is 1.98. The quantitative estimate of drug-likeness (QED) is 0.722. The Balaban J connectivity index is 2.01. The zero-order chi connectivity index (χ0) is 12.2.